The molecule has 0 N–H and O–H groups in total. The normalized spacial score (nSPS) is 22.6. The van der Waals surface area contributed by atoms with Crippen LogP contribution in [0.3, 0.4) is 0 Å². The van der Waals surface area contributed by atoms with Crippen LogP contribution in [0.2, 0.25) is 0 Å². The number of quaternary nitrogens is 1. The maximum atomic E-state index is 4.29. The van der Waals surface area contributed by atoms with Gasteiger partial charge >= 0.3 is 0 Å². The predicted molar refractivity (Wildman–Crippen MR) is 53.8 cm³/mol. The Hall–Kier alpha value is -1.29. The molecule has 2 rings (SSSR count). The molecule has 0 unspecified atom stereocenters. The van der Waals surface area contributed by atoms with E-state index in [1.165, 1.54) is 0 Å². The Balaban J connectivity index is 2.38. The molecule has 0 bridgehead atoms. The van der Waals surface area contributed by atoms with Gasteiger partial charge in [-0.15, -0.1) is 0 Å². The summed E-state index contributed by atoms with van der Waals surface area (Å²) >= 11 is 0. The summed E-state index contributed by atoms with van der Waals surface area (Å²) in [5, 5.41) is 0. The van der Waals surface area contributed by atoms with Crippen LogP contribution in [0.4, 0.5) is 0 Å². The largest absolute Gasteiger partial charge is 0.253 e. The minimum Gasteiger partial charge on any atom is -0.253 e. The van der Waals surface area contributed by atoms with Gasteiger partial charge in [0.15, 0.2) is 17.9 Å². The first kappa shape index (κ1) is 8.31. The minimum atomic E-state index is 0.746. The van der Waals surface area contributed by atoms with Crippen molar-refractivity contribution in [3.63, 3.8) is 0 Å². The molecule has 4 heteroatoms. The quantitative estimate of drug-likeness (QED) is 0.568. The van der Waals surface area contributed by atoms with E-state index in [0.717, 1.165) is 29.1 Å². The van der Waals surface area contributed by atoms with E-state index < -0.39 is 0 Å². The molecule has 2 aliphatic heterocycles. The molecule has 2 aliphatic rings. The molecule has 0 atom stereocenters. The molecule has 0 radical (unpaired) electrons. The van der Waals surface area contributed by atoms with E-state index in [-0.39, 0.29) is 0 Å². The maximum absolute atomic E-state index is 4.29. The number of hydrogen-bond acceptors (Lipinski definition) is 3. The van der Waals surface area contributed by atoms with Crippen LogP contribution in [0.1, 0.15) is 13.8 Å². The molecule has 0 aliphatic carbocycles. The fraction of sp³-hybridized carbons (Fsp3) is 0.444. The van der Waals surface area contributed by atoms with Gasteiger partial charge < -0.3 is 0 Å². The molecule has 0 amide bonds. The lowest BCUT2D eigenvalue weighted by molar-refractivity contribution is -0.778. The lowest BCUT2D eigenvalue weighted by Gasteiger charge is -2.28. The number of amidine groups is 1. The SMILES string of the molecule is CC[N+]1(CC)C=NC2=NC=NC2=C1. The first-order chi connectivity index (χ1) is 6.29. The van der Waals surface area contributed by atoms with Crippen LogP contribution < -0.4 is 0 Å². The smallest absolute Gasteiger partial charge is 0.196 e. The summed E-state index contributed by atoms with van der Waals surface area (Å²) < 4.78 is 0.770. The van der Waals surface area contributed by atoms with Gasteiger partial charge in [-0.25, -0.2) is 9.98 Å². The monoisotopic (exact) mass is 177 g/mol. The summed E-state index contributed by atoms with van der Waals surface area (Å²) in [6, 6.07) is 0. The van der Waals surface area contributed by atoms with Crippen molar-refractivity contribution in [2.75, 3.05) is 13.1 Å². The Morgan fingerprint density at radius 1 is 1.23 bits per heavy atom. The van der Waals surface area contributed by atoms with Crippen molar-refractivity contribution in [1.82, 2.24) is 0 Å². The van der Waals surface area contributed by atoms with Gasteiger partial charge in [-0.1, -0.05) is 0 Å². The number of hydrogen-bond donors (Lipinski definition) is 0. The maximum Gasteiger partial charge on any atom is 0.196 e. The van der Waals surface area contributed by atoms with Crippen LogP contribution in [0.15, 0.2) is 26.9 Å². The zero-order valence-electron chi connectivity index (χ0n) is 7.94. The Bertz CT molecular complexity index is 332. The van der Waals surface area contributed by atoms with Gasteiger partial charge in [0.2, 0.25) is 0 Å². The number of rotatable bonds is 2. The summed E-state index contributed by atoms with van der Waals surface area (Å²) in [5.74, 6) is 0.746. The summed E-state index contributed by atoms with van der Waals surface area (Å²) in [6.45, 7) is 6.30. The van der Waals surface area contributed by atoms with Crippen molar-refractivity contribution in [2.24, 2.45) is 15.0 Å². The molecule has 2 heterocycles. The average Bonchev–Trinajstić information content (AvgIpc) is 2.64. The second kappa shape index (κ2) is 2.88. The van der Waals surface area contributed by atoms with Gasteiger partial charge in [0.05, 0.1) is 13.1 Å². The van der Waals surface area contributed by atoms with Crippen LogP contribution in [0, 0.1) is 0 Å². The third kappa shape index (κ3) is 1.23. The second-order valence-corrected chi connectivity index (χ2v) is 3.19. The standard InChI is InChI=1S/C9H13N4/c1-3-13(4-2)5-8-9(12-7-13)11-6-10-8/h5-7H,3-4H2,1-2H3/q+1. The highest BCUT2D eigenvalue weighted by atomic mass is 15.4. The molecule has 0 aromatic heterocycles. The lowest BCUT2D eigenvalue weighted by Crippen LogP contribution is -2.43. The van der Waals surface area contributed by atoms with Gasteiger partial charge in [0.1, 0.15) is 12.5 Å². The van der Waals surface area contributed by atoms with E-state index in [1.54, 1.807) is 6.34 Å². The molecule has 0 fully saturated rings. The second-order valence-electron chi connectivity index (χ2n) is 3.19. The Kier molecular flexibility index (Phi) is 1.84. The van der Waals surface area contributed by atoms with Gasteiger partial charge in [-0.05, 0) is 13.8 Å². The van der Waals surface area contributed by atoms with Crippen molar-refractivity contribution in [1.29, 1.82) is 0 Å². The van der Waals surface area contributed by atoms with Crippen LogP contribution in [-0.4, -0.2) is 36.1 Å². The van der Waals surface area contributed by atoms with E-state index in [0.29, 0.717) is 0 Å². The Morgan fingerprint density at radius 2 is 2.00 bits per heavy atom. The van der Waals surface area contributed by atoms with E-state index in [9.17, 15) is 0 Å². The van der Waals surface area contributed by atoms with Crippen LogP contribution in [0.5, 0.6) is 0 Å². The molecular weight excluding hydrogens is 164 g/mol. The molecule has 68 valence electrons. The fourth-order valence-electron chi connectivity index (χ4n) is 1.48. The summed E-state index contributed by atoms with van der Waals surface area (Å²) in [4.78, 5) is 12.5. The van der Waals surface area contributed by atoms with Gasteiger partial charge in [-0.2, -0.15) is 4.99 Å². The van der Waals surface area contributed by atoms with Crippen molar-refractivity contribution >= 4 is 18.5 Å². The fourth-order valence-corrected chi connectivity index (χ4v) is 1.48. The summed E-state index contributed by atoms with van der Waals surface area (Å²) in [5.41, 5.74) is 0.909. The molecule has 13 heavy (non-hydrogen) atoms. The molecule has 0 saturated carbocycles. The van der Waals surface area contributed by atoms with E-state index in [1.807, 2.05) is 6.34 Å². The molecule has 0 spiro atoms. The van der Waals surface area contributed by atoms with Gasteiger partial charge in [0, 0.05) is 0 Å². The van der Waals surface area contributed by atoms with Crippen molar-refractivity contribution in [3.8, 4) is 0 Å². The van der Waals surface area contributed by atoms with E-state index in [4.69, 9.17) is 0 Å². The topological polar surface area (TPSA) is 37.1 Å². The third-order valence-electron chi connectivity index (χ3n) is 2.57. The molecular formula is C9H13N4+. The minimum absolute atomic E-state index is 0.746. The van der Waals surface area contributed by atoms with Crippen LogP contribution in [0.25, 0.3) is 0 Å². The van der Waals surface area contributed by atoms with E-state index in [2.05, 4.69) is 35.0 Å². The first-order valence-electron chi connectivity index (χ1n) is 4.55. The summed E-state index contributed by atoms with van der Waals surface area (Å²) in [7, 11) is 0. The first-order valence-corrected chi connectivity index (χ1v) is 4.55. The van der Waals surface area contributed by atoms with Crippen molar-refractivity contribution in [2.45, 2.75) is 13.8 Å². The number of aliphatic imine (C=N–C) groups is 3. The molecule has 0 aromatic carbocycles. The molecule has 0 saturated heterocycles. The average molecular weight is 177 g/mol. The van der Waals surface area contributed by atoms with Crippen molar-refractivity contribution in [3.05, 3.63) is 11.9 Å². The lowest BCUT2D eigenvalue weighted by atomic mass is 10.3. The third-order valence-corrected chi connectivity index (χ3v) is 2.57. The van der Waals surface area contributed by atoms with Gasteiger partial charge in [-0.3, -0.25) is 4.48 Å². The zero-order chi connectivity index (χ0) is 9.31. The predicted octanol–water partition coefficient (Wildman–Crippen LogP) is 1.17. The van der Waals surface area contributed by atoms with Gasteiger partial charge in [0.25, 0.3) is 0 Å². The van der Waals surface area contributed by atoms with Crippen LogP contribution in [-0.2, 0) is 0 Å². The highest BCUT2D eigenvalue weighted by molar-refractivity contribution is 6.09. The molecule has 4 nitrogen and oxygen atoms in total. The number of fused-ring (bicyclic) bond motifs is 1. The number of nitrogens with zero attached hydrogens (tertiary/aromatic N) is 4. The van der Waals surface area contributed by atoms with E-state index >= 15 is 0 Å². The Morgan fingerprint density at radius 3 is 2.69 bits per heavy atom. The van der Waals surface area contributed by atoms with Crippen molar-refractivity contribution < 1.29 is 4.48 Å². The van der Waals surface area contributed by atoms with Crippen LogP contribution >= 0.6 is 0 Å². The highest BCUT2D eigenvalue weighted by Crippen LogP contribution is 2.18. The molecule has 0 aromatic rings. The highest BCUT2D eigenvalue weighted by Gasteiger charge is 2.27. The summed E-state index contributed by atoms with van der Waals surface area (Å²) in [6.07, 6.45) is 5.62. The zero-order valence-corrected chi connectivity index (χ0v) is 7.94. The Labute approximate surface area is 77.6 Å².